The maximum Gasteiger partial charge on any atom is 0.122 e. The molecular weight excluding hydrogens is 236 g/mol. The van der Waals surface area contributed by atoms with E-state index in [1.807, 2.05) is 0 Å². The van der Waals surface area contributed by atoms with E-state index in [-0.39, 0.29) is 0 Å². The lowest BCUT2D eigenvalue weighted by atomic mass is 9.91. The van der Waals surface area contributed by atoms with E-state index < -0.39 is 0 Å². The van der Waals surface area contributed by atoms with Gasteiger partial charge < -0.3 is 10.1 Å². The first kappa shape index (κ1) is 12.9. The fourth-order valence-electron chi connectivity index (χ4n) is 3.33. The topological polar surface area (TPSA) is 24.5 Å². The first-order valence-electron chi connectivity index (χ1n) is 7.55. The summed E-state index contributed by atoms with van der Waals surface area (Å²) in [5.41, 5.74) is 1.40. The Balaban J connectivity index is 1.73. The molecule has 0 amide bonds. The summed E-state index contributed by atoms with van der Waals surface area (Å²) in [5, 5.41) is 3.51. The monoisotopic (exact) mass is 260 g/mol. The lowest BCUT2D eigenvalue weighted by Crippen LogP contribution is -2.52. The fraction of sp³-hybridized carbons (Fsp3) is 0.625. The second-order valence-corrected chi connectivity index (χ2v) is 5.63. The minimum atomic E-state index is 0.636. The molecule has 0 radical (unpaired) electrons. The Bertz CT molecular complexity index is 421. The van der Waals surface area contributed by atoms with Crippen LogP contribution in [0.3, 0.4) is 0 Å². The molecule has 1 N–H and O–H groups in total. The van der Waals surface area contributed by atoms with Crippen molar-refractivity contribution in [2.24, 2.45) is 0 Å². The number of fused-ring (bicyclic) bond motifs is 1. The van der Waals surface area contributed by atoms with Gasteiger partial charge in [0.05, 0.1) is 6.61 Å². The highest BCUT2D eigenvalue weighted by molar-refractivity contribution is 5.38. The number of nitrogens with zero attached hydrogens (tertiary/aromatic N) is 1. The van der Waals surface area contributed by atoms with Crippen LogP contribution in [-0.4, -0.2) is 43.7 Å². The molecule has 1 saturated heterocycles. The number of ether oxygens (including phenoxy) is 1. The van der Waals surface area contributed by atoms with Crippen LogP contribution in [0.4, 0.5) is 0 Å². The van der Waals surface area contributed by atoms with Gasteiger partial charge in [0.2, 0.25) is 0 Å². The third-order valence-electron chi connectivity index (χ3n) is 4.48. The second-order valence-electron chi connectivity index (χ2n) is 5.63. The van der Waals surface area contributed by atoms with Gasteiger partial charge in [0.15, 0.2) is 0 Å². The van der Waals surface area contributed by atoms with Crippen molar-refractivity contribution in [3.8, 4) is 5.75 Å². The molecule has 3 nitrogen and oxygen atoms in total. The van der Waals surface area contributed by atoms with Gasteiger partial charge in [0.1, 0.15) is 5.75 Å². The average Bonchev–Trinajstić information content (AvgIpc) is 2.48. The van der Waals surface area contributed by atoms with Crippen molar-refractivity contribution in [3.05, 3.63) is 29.8 Å². The zero-order chi connectivity index (χ0) is 13.1. The fourth-order valence-corrected chi connectivity index (χ4v) is 3.33. The van der Waals surface area contributed by atoms with Crippen LogP contribution in [0.25, 0.3) is 0 Å². The van der Waals surface area contributed by atoms with Gasteiger partial charge >= 0.3 is 0 Å². The highest BCUT2D eigenvalue weighted by Gasteiger charge is 2.27. The van der Waals surface area contributed by atoms with Crippen molar-refractivity contribution in [1.29, 1.82) is 0 Å². The Hall–Kier alpha value is -1.06. The van der Waals surface area contributed by atoms with E-state index in [1.165, 1.54) is 25.1 Å². The van der Waals surface area contributed by atoms with Crippen molar-refractivity contribution < 1.29 is 4.74 Å². The van der Waals surface area contributed by atoms with Crippen molar-refractivity contribution >= 4 is 0 Å². The van der Waals surface area contributed by atoms with E-state index in [0.717, 1.165) is 31.9 Å². The molecule has 2 atom stereocenters. The standard InChI is InChI=1S/C16H24N2O/c1-2-14-11-17-8-9-18(14)12-13-7-10-19-16-6-4-3-5-15(13)16/h3-6,13-14,17H,2,7-12H2,1H3. The number of para-hydroxylation sites is 1. The minimum Gasteiger partial charge on any atom is -0.493 e. The van der Waals surface area contributed by atoms with Crippen LogP contribution < -0.4 is 10.1 Å². The van der Waals surface area contributed by atoms with Crippen LogP contribution in [0, 0.1) is 0 Å². The summed E-state index contributed by atoms with van der Waals surface area (Å²) in [6, 6.07) is 9.25. The largest absolute Gasteiger partial charge is 0.493 e. The van der Waals surface area contributed by atoms with E-state index in [0.29, 0.717) is 12.0 Å². The summed E-state index contributed by atoms with van der Waals surface area (Å²) < 4.78 is 5.77. The zero-order valence-electron chi connectivity index (χ0n) is 11.8. The number of hydrogen-bond acceptors (Lipinski definition) is 3. The molecule has 0 aliphatic carbocycles. The van der Waals surface area contributed by atoms with Crippen molar-refractivity contribution in [2.45, 2.75) is 31.7 Å². The Kier molecular flexibility index (Phi) is 4.04. The molecule has 2 aliphatic rings. The van der Waals surface area contributed by atoms with Crippen molar-refractivity contribution in [1.82, 2.24) is 10.2 Å². The predicted molar refractivity (Wildman–Crippen MR) is 77.8 cm³/mol. The average molecular weight is 260 g/mol. The molecule has 3 rings (SSSR count). The Morgan fingerprint density at radius 1 is 1.37 bits per heavy atom. The molecule has 0 saturated carbocycles. The molecule has 104 valence electrons. The molecule has 2 unspecified atom stereocenters. The van der Waals surface area contributed by atoms with Gasteiger partial charge in [-0.1, -0.05) is 25.1 Å². The number of rotatable bonds is 3. The first-order chi connectivity index (χ1) is 9.38. The first-order valence-corrected chi connectivity index (χ1v) is 7.55. The lowest BCUT2D eigenvalue weighted by molar-refractivity contribution is 0.135. The van der Waals surface area contributed by atoms with Crippen LogP contribution in [0.5, 0.6) is 5.75 Å². The maximum atomic E-state index is 5.77. The molecule has 0 bridgehead atoms. The van der Waals surface area contributed by atoms with Crippen molar-refractivity contribution in [3.63, 3.8) is 0 Å². The van der Waals surface area contributed by atoms with E-state index in [9.17, 15) is 0 Å². The summed E-state index contributed by atoms with van der Waals surface area (Å²) in [6.45, 7) is 7.79. The van der Waals surface area contributed by atoms with Gasteiger partial charge in [-0.2, -0.15) is 0 Å². The van der Waals surface area contributed by atoms with Gasteiger partial charge in [-0.25, -0.2) is 0 Å². The Labute approximate surface area is 115 Å². The Morgan fingerprint density at radius 3 is 3.16 bits per heavy atom. The van der Waals surface area contributed by atoms with Gasteiger partial charge in [-0.3, -0.25) is 4.90 Å². The zero-order valence-corrected chi connectivity index (χ0v) is 11.8. The number of piperazine rings is 1. The van der Waals surface area contributed by atoms with E-state index >= 15 is 0 Å². The molecule has 19 heavy (non-hydrogen) atoms. The van der Waals surface area contributed by atoms with E-state index in [2.05, 4.69) is 41.4 Å². The van der Waals surface area contributed by atoms with E-state index in [1.54, 1.807) is 0 Å². The molecule has 1 aromatic carbocycles. The number of benzene rings is 1. The summed E-state index contributed by atoms with van der Waals surface area (Å²) >= 11 is 0. The third-order valence-corrected chi connectivity index (χ3v) is 4.48. The van der Waals surface area contributed by atoms with E-state index in [4.69, 9.17) is 4.74 Å². The quantitative estimate of drug-likeness (QED) is 0.902. The summed E-state index contributed by atoms with van der Waals surface area (Å²) in [7, 11) is 0. The van der Waals surface area contributed by atoms with Gasteiger partial charge in [0.25, 0.3) is 0 Å². The molecule has 2 aliphatic heterocycles. The lowest BCUT2D eigenvalue weighted by Gasteiger charge is -2.39. The van der Waals surface area contributed by atoms with Crippen LogP contribution in [0.2, 0.25) is 0 Å². The van der Waals surface area contributed by atoms with Gasteiger partial charge in [-0.05, 0) is 24.5 Å². The predicted octanol–water partition coefficient (Wildman–Crippen LogP) is 2.24. The molecular formula is C16H24N2O. The van der Waals surface area contributed by atoms with Crippen LogP contribution in [-0.2, 0) is 0 Å². The van der Waals surface area contributed by atoms with Crippen LogP contribution in [0.1, 0.15) is 31.2 Å². The molecule has 0 aromatic heterocycles. The normalized spacial score (nSPS) is 27.6. The molecule has 1 fully saturated rings. The number of hydrogen-bond donors (Lipinski definition) is 1. The van der Waals surface area contributed by atoms with Crippen LogP contribution in [0.15, 0.2) is 24.3 Å². The Morgan fingerprint density at radius 2 is 2.26 bits per heavy atom. The van der Waals surface area contributed by atoms with Gasteiger partial charge in [0, 0.05) is 38.1 Å². The second kappa shape index (κ2) is 5.93. The molecule has 0 spiro atoms. The highest BCUT2D eigenvalue weighted by atomic mass is 16.5. The minimum absolute atomic E-state index is 0.636. The number of nitrogens with one attached hydrogen (secondary N) is 1. The van der Waals surface area contributed by atoms with Gasteiger partial charge in [-0.15, -0.1) is 0 Å². The molecule has 1 aromatic rings. The summed E-state index contributed by atoms with van der Waals surface area (Å²) in [4.78, 5) is 2.67. The van der Waals surface area contributed by atoms with Crippen molar-refractivity contribution in [2.75, 3.05) is 32.8 Å². The SMILES string of the molecule is CCC1CNCCN1CC1CCOc2ccccc21. The molecule has 2 heterocycles. The highest BCUT2D eigenvalue weighted by Crippen LogP contribution is 2.34. The third kappa shape index (κ3) is 2.77. The summed E-state index contributed by atoms with van der Waals surface area (Å²) in [5.74, 6) is 1.74. The maximum absolute atomic E-state index is 5.77. The van der Waals surface area contributed by atoms with Crippen LogP contribution >= 0.6 is 0 Å². The smallest absolute Gasteiger partial charge is 0.122 e. The molecule has 3 heteroatoms. The summed E-state index contributed by atoms with van der Waals surface area (Å²) in [6.07, 6.45) is 2.38.